The fourth-order valence-corrected chi connectivity index (χ4v) is 4.54. The molecule has 1 unspecified atom stereocenters. The molecule has 2 aliphatic rings. The van der Waals surface area contributed by atoms with Crippen LogP contribution in [0.2, 0.25) is 0 Å². The van der Waals surface area contributed by atoms with Gasteiger partial charge in [0.15, 0.2) is 5.69 Å². The van der Waals surface area contributed by atoms with Gasteiger partial charge in [-0.3, -0.25) is 9.59 Å². The maximum Gasteiger partial charge on any atom is 0.359 e. The van der Waals surface area contributed by atoms with Crippen LogP contribution in [0.25, 0.3) is 0 Å². The van der Waals surface area contributed by atoms with Crippen molar-refractivity contribution in [2.24, 2.45) is 0 Å². The normalized spacial score (nSPS) is 21.5. The van der Waals surface area contributed by atoms with Crippen LogP contribution in [0.3, 0.4) is 0 Å². The Morgan fingerprint density at radius 2 is 1.90 bits per heavy atom. The van der Waals surface area contributed by atoms with Crippen molar-refractivity contribution in [1.82, 2.24) is 19.8 Å². The summed E-state index contributed by atoms with van der Waals surface area (Å²) in [6.45, 7) is 2.25. The van der Waals surface area contributed by atoms with Gasteiger partial charge in [0.2, 0.25) is 5.91 Å². The molecule has 1 atom stereocenters. The van der Waals surface area contributed by atoms with Crippen LogP contribution in [-0.2, 0) is 22.6 Å². The van der Waals surface area contributed by atoms with Crippen LogP contribution in [0.1, 0.15) is 65.6 Å². The molecule has 2 heterocycles. The monoisotopic (exact) mass is 424 g/mol. The number of rotatable bonds is 5. The Bertz CT molecular complexity index is 981. The van der Waals surface area contributed by atoms with Gasteiger partial charge in [0, 0.05) is 12.6 Å². The highest BCUT2D eigenvalue weighted by Gasteiger charge is 2.49. The quantitative estimate of drug-likeness (QED) is 0.745. The Balaban J connectivity index is 1.70. The van der Waals surface area contributed by atoms with Crippen molar-refractivity contribution in [3.63, 3.8) is 0 Å². The number of benzene rings is 1. The molecule has 1 saturated carbocycles. The van der Waals surface area contributed by atoms with Crippen molar-refractivity contribution in [3.8, 4) is 0 Å². The minimum Gasteiger partial charge on any atom is -0.464 e. The van der Waals surface area contributed by atoms with Gasteiger partial charge in [-0.25, -0.2) is 9.78 Å². The first-order valence-electron chi connectivity index (χ1n) is 10.7. The fraction of sp³-hybridized carbons (Fsp3) is 0.478. The number of fused-ring (bicyclic) bond motifs is 1. The van der Waals surface area contributed by atoms with Crippen LogP contribution < -0.4 is 5.32 Å². The van der Waals surface area contributed by atoms with Gasteiger partial charge in [0.25, 0.3) is 5.91 Å². The van der Waals surface area contributed by atoms with Crippen LogP contribution in [0.4, 0.5) is 0 Å². The Hall–Kier alpha value is -3.16. The average Bonchev–Trinajstić information content (AvgIpc) is 3.21. The summed E-state index contributed by atoms with van der Waals surface area (Å²) >= 11 is 0. The van der Waals surface area contributed by atoms with Crippen molar-refractivity contribution < 1.29 is 19.1 Å². The molecular weight excluding hydrogens is 396 g/mol. The highest BCUT2D eigenvalue weighted by atomic mass is 16.5. The summed E-state index contributed by atoms with van der Waals surface area (Å²) in [6, 6.07) is 9.66. The second-order valence-corrected chi connectivity index (χ2v) is 8.52. The largest absolute Gasteiger partial charge is 0.464 e. The maximum atomic E-state index is 13.6. The van der Waals surface area contributed by atoms with E-state index < -0.39 is 17.4 Å². The van der Waals surface area contributed by atoms with E-state index in [-0.39, 0.29) is 36.4 Å². The zero-order valence-electron chi connectivity index (χ0n) is 18.0. The third kappa shape index (κ3) is 3.94. The number of nitrogens with zero attached hydrogens (tertiary/aromatic N) is 3. The summed E-state index contributed by atoms with van der Waals surface area (Å²) in [7, 11) is 1.25. The molecule has 1 N–H and O–H groups in total. The molecule has 164 valence electrons. The summed E-state index contributed by atoms with van der Waals surface area (Å²) in [6.07, 6.45) is 6.74. The number of carbonyl (C=O) groups is 3. The highest BCUT2D eigenvalue weighted by molar-refractivity contribution is 6.06. The molecule has 8 nitrogen and oxygen atoms in total. The SMILES string of the molecule is COC(=O)c1ncn2c1C(=O)N(Cc1ccccc1)C(C)(C(=O)NC1CCCCC1)C2. The van der Waals surface area contributed by atoms with Gasteiger partial charge in [-0.2, -0.15) is 0 Å². The highest BCUT2D eigenvalue weighted by Crippen LogP contribution is 2.31. The number of imidazole rings is 1. The summed E-state index contributed by atoms with van der Waals surface area (Å²) in [4.78, 5) is 45.0. The zero-order chi connectivity index (χ0) is 22.0. The molecule has 31 heavy (non-hydrogen) atoms. The van der Waals surface area contributed by atoms with Crippen molar-refractivity contribution in [2.45, 2.75) is 63.7 Å². The van der Waals surface area contributed by atoms with Crippen LogP contribution >= 0.6 is 0 Å². The number of methoxy groups -OCH3 is 1. The Morgan fingerprint density at radius 1 is 1.19 bits per heavy atom. The number of nitrogens with one attached hydrogen (secondary N) is 1. The van der Waals surface area contributed by atoms with Crippen LogP contribution in [-0.4, -0.2) is 50.9 Å². The molecule has 1 fully saturated rings. The van der Waals surface area contributed by atoms with E-state index in [1.165, 1.54) is 19.9 Å². The number of amides is 2. The number of hydrogen-bond acceptors (Lipinski definition) is 5. The first-order valence-corrected chi connectivity index (χ1v) is 10.7. The van der Waals surface area contributed by atoms with Crippen molar-refractivity contribution in [1.29, 1.82) is 0 Å². The van der Waals surface area contributed by atoms with Gasteiger partial charge < -0.3 is 19.5 Å². The van der Waals surface area contributed by atoms with E-state index in [4.69, 9.17) is 4.74 Å². The molecule has 0 saturated heterocycles. The van der Waals surface area contributed by atoms with E-state index >= 15 is 0 Å². The van der Waals surface area contributed by atoms with Crippen LogP contribution in [0.15, 0.2) is 36.7 Å². The van der Waals surface area contributed by atoms with E-state index in [9.17, 15) is 14.4 Å². The minimum atomic E-state index is -1.12. The fourth-order valence-electron chi connectivity index (χ4n) is 4.54. The van der Waals surface area contributed by atoms with Crippen LogP contribution in [0.5, 0.6) is 0 Å². The minimum absolute atomic E-state index is 0.0275. The van der Waals surface area contributed by atoms with Crippen LogP contribution in [0, 0.1) is 0 Å². The molecule has 8 heteroatoms. The predicted octanol–water partition coefficient (Wildman–Crippen LogP) is 2.53. The third-order valence-electron chi connectivity index (χ3n) is 6.35. The van der Waals surface area contributed by atoms with E-state index in [0.717, 1.165) is 31.2 Å². The maximum absolute atomic E-state index is 13.6. The van der Waals surface area contributed by atoms with Gasteiger partial charge in [-0.15, -0.1) is 0 Å². The number of aromatic nitrogens is 2. The standard InChI is InChI=1S/C23H28N4O4/c1-23(22(30)25-17-11-7-4-8-12-17)14-26-15-24-18(21(29)31-2)19(26)20(28)27(23)13-16-9-5-3-6-10-16/h3,5-6,9-10,15,17H,4,7-8,11-14H2,1-2H3,(H,25,30). The van der Waals surface area contributed by atoms with E-state index in [1.54, 1.807) is 16.4 Å². The Morgan fingerprint density at radius 3 is 2.58 bits per heavy atom. The molecule has 2 amide bonds. The second kappa shape index (κ2) is 8.53. The lowest BCUT2D eigenvalue weighted by Crippen LogP contribution is -2.64. The summed E-state index contributed by atoms with van der Waals surface area (Å²) in [5.41, 5.74) is -0.0861. The molecule has 1 aromatic heterocycles. The number of carbonyl (C=O) groups excluding carboxylic acids is 3. The van der Waals surface area contributed by atoms with E-state index in [1.807, 2.05) is 30.3 Å². The molecule has 1 aliphatic carbocycles. The van der Waals surface area contributed by atoms with Gasteiger partial charge in [-0.1, -0.05) is 49.6 Å². The van der Waals surface area contributed by atoms with Gasteiger partial charge in [-0.05, 0) is 25.3 Å². The molecule has 1 aromatic carbocycles. The molecular formula is C23H28N4O4. The lowest BCUT2D eigenvalue weighted by Gasteiger charge is -2.44. The Kier molecular flexibility index (Phi) is 5.80. The van der Waals surface area contributed by atoms with Crippen molar-refractivity contribution in [3.05, 3.63) is 53.6 Å². The lowest BCUT2D eigenvalue weighted by atomic mass is 9.91. The average molecular weight is 425 g/mol. The molecule has 0 bridgehead atoms. The summed E-state index contributed by atoms with van der Waals surface area (Å²) < 4.78 is 6.39. The number of esters is 1. The lowest BCUT2D eigenvalue weighted by molar-refractivity contribution is -0.134. The van der Waals surface area contributed by atoms with E-state index in [0.29, 0.717) is 0 Å². The van der Waals surface area contributed by atoms with Crippen molar-refractivity contribution in [2.75, 3.05) is 7.11 Å². The second-order valence-electron chi connectivity index (χ2n) is 8.52. The Labute approximate surface area is 181 Å². The number of hydrogen-bond donors (Lipinski definition) is 1. The third-order valence-corrected chi connectivity index (χ3v) is 6.35. The molecule has 1 aliphatic heterocycles. The van der Waals surface area contributed by atoms with E-state index in [2.05, 4.69) is 10.3 Å². The first kappa shape index (κ1) is 21.1. The van der Waals surface area contributed by atoms with Gasteiger partial charge >= 0.3 is 5.97 Å². The van der Waals surface area contributed by atoms with Crippen molar-refractivity contribution >= 4 is 17.8 Å². The molecule has 2 aromatic rings. The first-order chi connectivity index (χ1) is 14.9. The molecule has 4 rings (SSSR count). The summed E-state index contributed by atoms with van der Waals surface area (Å²) in [5.74, 6) is -1.26. The molecule has 0 radical (unpaired) electrons. The molecule has 0 spiro atoms. The predicted molar refractivity (Wildman–Crippen MR) is 113 cm³/mol. The topological polar surface area (TPSA) is 93.5 Å². The zero-order valence-corrected chi connectivity index (χ0v) is 18.0. The van der Waals surface area contributed by atoms with Gasteiger partial charge in [0.05, 0.1) is 20.0 Å². The number of ether oxygens (including phenoxy) is 1. The van der Waals surface area contributed by atoms with Gasteiger partial charge in [0.1, 0.15) is 11.2 Å². The summed E-state index contributed by atoms with van der Waals surface area (Å²) in [5, 5.41) is 3.18. The smallest absolute Gasteiger partial charge is 0.359 e.